The molecule has 1 saturated carbocycles. The van der Waals surface area contributed by atoms with Crippen molar-refractivity contribution >= 4 is 0 Å². The molecule has 5 nitrogen and oxygen atoms in total. The van der Waals surface area contributed by atoms with Gasteiger partial charge in [-0.25, -0.2) is 0 Å². The topological polar surface area (TPSA) is 42.8 Å². The molecule has 1 aliphatic carbocycles. The molecule has 3 heterocycles. The zero-order valence-corrected chi connectivity index (χ0v) is 20.7. The molecule has 182 valence electrons. The summed E-state index contributed by atoms with van der Waals surface area (Å²) in [5.41, 5.74) is 5.35. The summed E-state index contributed by atoms with van der Waals surface area (Å²) in [4.78, 5) is 11.8. The Kier molecular flexibility index (Phi) is 7.21. The van der Waals surface area contributed by atoms with Gasteiger partial charge in [0.15, 0.2) is 0 Å². The van der Waals surface area contributed by atoms with Gasteiger partial charge >= 0.3 is 0 Å². The predicted octanol–water partition coefficient (Wildman–Crippen LogP) is 4.38. The van der Waals surface area contributed by atoms with Crippen molar-refractivity contribution in [3.63, 3.8) is 0 Å². The number of rotatable bonds is 7. The maximum atomic E-state index is 10.8. The second-order valence-electron chi connectivity index (χ2n) is 10.7. The van der Waals surface area contributed by atoms with Crippen LogP contribution in [-0.2, 0) is 19.5 Å². The Morgan fingerprint density at radius 3 is 2.59 bits per heavy atom. The molecule has 2 aliphatic heterocycles. The number of benzene rings is 1. The van der Waals surface area contributed by atoms with Gasteiger partial charge in [0.1, 0.15) is 0 Å². The van der Waals surface area contributed by atoms with E-state index in [0.717, 1.165) is 50.9 Å². The van der Waals surface area contributed by atoms with Crippen molar-refractivity contribution in [2.75, 3.05) is 32.7 Å². The number of aromatic nitrogens is 1. The van der Waals surface area contributed by atoms with Crippen LogP contribution in [0.2, 0.25) is 0 Å². The van der Waals surface area contributed by atoms with Crippen molar-refractivity contribution in [3.05, 3.63) is 77.4 Å². The molecule has 5 heteroatoms. The van der Waals surface area contributed by atoms with Gasteiger partial charge in [-0.05, 0) is 41.5 Å². The van der Waals surface area contributed by atoms with E-state index in [1.807, 2.05) is 0 Å². The summed E-state index contributed by atoms with van der Waals surface area (Å²) in [5, 5.41) is 10.8. The van der Waals surface area contributed by atoms with Gasteiger partial charge in [-0.1, -0.05) is 63.1 Å². The first-order chi connectivity index (χ1) is 16.6. The lowest BCUT2D eigenvalue weighted by Crippen LogP contribution is -2.41. The molecular formula is C29H40N4O. The molecule has 2 aromatic rings. The van der Waals surface area contributed by atoms with Crippen LogP contribution >= 0.6 is 0 Å². The van der Waals surface area contributed by atoms with Crippen LogP contribution in [0.15, 0.2) is 55.0 Å². The quantitative estimate of drug-likeness (QED) is 0.664. The average molecular weight is 461 g/mol. The van der Waals surface area contributed by atoms with Crippen LogP contribution in [0.25, 0.3) is 0 Å². The fourth-order valence-corrected chi connectivity index (χ4v) is 6.11. The van der Waals surface area contributed by atoms with E-state index >= 15 is 0 Å². The smallest absolute Gasteiger partial charge is 0.0970 e. The number of aliphatic hydroxyl groups excluding tert-OH is 1. The van der Waals surface area contributed by atoms with Crippen molar-refractivity contribution in [2.45, 2.75) is 64.1 Å². The zero-order chi connectivity index (χ0) is 23.5. The first-order valence-corrected chi connectivity index (χ1v) is 13.2. The molecule has 0 radical (unpaired) electrons. The minimum absolute atomic E-state index is 0.375. The van der Waals surface area contributed by atoms with E-state index < -0.39 is 0 Å². The number of β-amino-alcohol motifs (C(OH)–C–C–N with tert-alkyl or cyclic N) is 1. The van der Waals surface area contributed by atoms with Gasteiger partial charge in [0.2, 0.25) is 0 Å². The Morgan fingerprint density at radius 2 is 1.79 bits per heavy atom. The SMILES string of the molecule is C=C1N(Cc2ccc(C3CCCCC3C)nc2)CCN1C[C@H](O)CN1CCc2ccccc2C1. The van der Waals surface area contributed by atoms with Crippen LogP contribution in [0.5, 0.6) is 0 Å². The van der Waals surface area contributed by atoms with Crippen molar-refractivity contribution in [1.82, 2.24) is 19.7 Å². The predicted molar refractivity (Wildman–Crippen MR) is 137 cm³/mol. The van der Waals surface area contributed by atoms with Crippen molar-refractivity contribution in [2.24, 2.45) is 5.92 Å². The molecule has 3 atom stereocenters. The Balaban J connectivity index is 1.10. The summed E-state index contributed by atoms with van der Waals surface area (Å²) in [5.74, 6) is 2.38. The summed E-state index contributed by atoms with van der Waals surface area (Å²) in [6.45, 7) is 12.7. The fraction of sp³-hybridized carbons (Fsp3) is 0.552. The summed E-state index contributed by atoms with van der Waals surface area (Å²) < 4.78 is 0. The molecule has 5 rings (SSSR count). The number of aliphatic hydroxyl groups is 1. The maximum Gasteiger partial charge on any atom is 0.0970 e. The van der Waals surface area contributed by atoms with Crippen LogP contribution in [0.4, 0.5) is 0 Å². The summed E-state index contributed by atoms with van der Waals surface area (Å²) in [6, 6.07) is 13.2. The normalized spacial score (nSPS) is 24.4. The highest BCUT2D eigenvalue weighted by Crippen LogP contribution is 2.36. The second-order valence-corrected chi connectivity index (χ2v) is 10.7. The Bertz CT molecular complexity index is 974. The minimum atomic E-state index is -0.375. The number of fused-ring (bicyclic) bond motifs is 1. The fourth-order valence-electron chi connectivity index (χ4n) is 6.11. The third kappa shape index (κ3) is 5.31. The Labute approximate surface area is 205 Å². The van der Waals surface area contributed by atoms with E-state index in [9.17, 15) is 5.11 Å². The molecule has 0 bridgehead atoms. The number of nitrogens with zero attached hydrogens (tertiary/aromatic N) is 4. The van der Waals surface area contributed by atoms with E-state index in [4.69, 9.17) is 4.98 Å². The van der Waals surface area contributed by atoms with Gasteiger partial charge in [-0.2, -0.15) is 0 Å². The van der Waals surface area contributed by atoms with Gasteiger partial charge in [0.25, 0.3) is 0 Å². The lowest BCUT2D eigenvalue weighted by atomic mass is 9.78. The van der Waals surface area contributed by atoms with Crippen LogP contribution in [0, 0.1) is 5.92 Å². The maximum absolute atomic E-state index is 10.8. The lowest BCUT2D eigenvalue weighted by molar-refractivity contribution is 0.0812. The number of hydrogen-bond acceptors (Lipinski definition) is 5. The molecule has 3 aliphatic rings. The summed E-state index contributed by atoms with van der Waals surface area (Å²) in [7, 11) is 0. The van der Waals surface area contributed by atoms with Crippen LogP contribution in [-0.4, -0.2) is 63.6 Å². The zero-order valence-electron chi connectivity index (χ0n) is 20.7. The molecule has 1 saturated heterocycles. The van der Waals surface area contributed by atoms with Crippen molar-refractivity contribution < 1.29 is 5.11 Å². The van der Waals surface area contributed by atoms with E-state index in [-0.39, 0.29) is 6.10 Å². The highest BCUT2D eigenvalue weighted by molar-refractivity contribution is 5.29. The van der Waals surface area contributed by atoms with Gasteiger partial charge in [-0.15, -0.1) is 0 Å². The molecule has 2 unspecified atom stereocenters. The highest BCUT2D eigenvalue weighted by atomic mass is 16.3. The Hall–Kier alpha value is -2.37. The third-order valence-electron chi connectivity index (χ3n) is 8.19. The standard InChI is InChI=1S/C29H40N4O/c1-22-7-3-6-10-28(22)29-12-11-24(17-30-29)18-32-15-16-33(23(32)2)21-27(34)20-31-14-13-25-8-4-5-9-26(25)19-31/h4-5,8-9,11-12,17,22,27-28,34H,2-3,6-7,10,13-16,18-21H2,1H3/t22?,27-,28?/m1/s1. The number of pyridine rings is 1. The van der Waals surface area contributed by atoms with E-state index in [1.165, 1.54) is 48.1 Å². The second kappa shape index (κ2) is 10.5. The van der Waals surface area contributed by atoms with Gasteiger partial charge in [0.05, 0.1) is 11.9 Å². The van der Waals surface area contributed by atoms with E-state index in [2.05, 4.69) is 70.8 Å². The van der Waals surface area contributed by atoms with Crippen LogP contribution < -0.4 is 0 Å². The van der Waals surface area contributed by atoms with Gasteiger partial charge in [0, 0.05) is 63.6 Å². The third-order valence-corrected chi connectivity index (χ3v) is 8.19. The highest BCUT2D eigenvalue weighted by Gasteiger charge is 2.27. The minimum Gasteiger partial charge on any atom is -0.390 e. The lowest BCUT2D eigenvalue weighted by Gasteiger charge is -2.32. The van der Waals surface area contributed by atoms with E-state index in [1.54, 1.807) is 0 Å². The largest absolute Gasteiger partial charge is 0.390 e. The molecule has 34 heavy (non-hydrogen) atoms. The molecule has 0 spiro atoms. The number of hydrogen-bond donors (Lipinski definition) is 1. The molecular weight excluding hydrogens is 420 g/mol. The average Bonchev–Trinajstić information content (AvgIpc) is 3.18. The molecule has 0 amide bonds. The molecule has 1 aromatic carbocycles. The van der Waals surface area contributed by atoms with Gasteiger partial charge in [-0.3, -0.25) is 9.88 Å². The van der Waals surface area contributed by atoms with Crippen LogP contribution in [0.3, 0.4) is 0 Å². The first-order valence-electron chi connectivity index (χ1n) is 13.2. The van der Waals surface area contributed by atoms with Crippen molar-refractivity contribution in [3.8, 4) is 0 Å². The Morgan fingerprint density at radius 1 is 1.00 bits per heavy atom. The summed E-state index contributed by atoms with van der Waals surface area (Å²) in [6.07, 6.45) is 8.06. The van der Waals surface area contributed by atoms with Crippen LogP contribution in [0.1, 0.15) is 60.9 Å². The molecule has 1 aromatic heterocycles. The molecule has 2 fully saturated rings. The molecule has 1 N–H and O–H groups in total. The monoisotopic (exact) mass is 460 g/mol. The van der Waals surface area contributed by atoms with Crippen molar-refractivity contribution in [1.29, 1.82) is 0 Å². The van der Waals surface area contributed by atoms with Gasteiger partial charge < -0.3 is 14.9 Å². The summed E-state index contributed by atoms with van der Waals surface area (Å²) >= 11 is 0. The first kappa shape index (κ1) is 23.4. The van der Waals surface area contributed by atoms with E-state index in [0.29, 0.717) is 19.0 Å².